The highest BCUT2D eigenvalue weighted by Crippen LogP contribution is 2.42. The molecule has 2 aromatic rings. The van der Waals surface area contributed by atoms with E-state index < -0.39 is 0 Å². The molecule has 5 heterocycles. The molecule has 4 atom stereocenters. The fraction of sp³-hybridized carbons (Fsp3) is 0.700. The van der Waals surface area contributed by atoms with Gasteiger partial charge in [0.25, 0.3) is 5.91 Å². The zero-order chi connectivity index (χ0) is 20.0. The molecule has 0 saturated carbocycles. The topological polar surface area (TPSA) is 87.4 Å². The first-order chi connectivity index (χ1) is 14.1. The van der Waals surface area contributed by atoms with Gasteiger partial charge in [0.05, 0.1) is 5.69 Å². The molecule has 9 heteroatoms. The standard InChI is InChI=1S/C20H28N6O2S/c1-12-18(13(2)28-24-12)19(27)21-8-17-15-7-14(16-5-3-4-6-26(16)17)9-25(10-15)20-23-22-11-29-20/h11,14-17H,3-10H2,1-2H3,(H,21,27)/t14-,15+,16+,17+/m1/s1. The minimum absolute atomic E-state index is 0.0753. The second-order valence-electron chi connectivity index (χ2n) is 8.66. The summed E-state index contributed by atoms with van der Waals surface area (Å²) >= 11 is 1.62. The summed E-state index contributed by atoms with van der Waals surface area (Å²) in [5, 5.41) is 16.5. The molecule has 0 aliphatic carbocycles. The molecular formula is C20H28N6O2S. The Kier molecular flexibility index (Phi) is 5.03. The van der Waals surface area contributed by atoms with E-state index in [0.717, 1.165) is 24.8 Å². The maximum atomic E-state index is 12.8. The number of carbonyl (C=O) groups is 1. The van der Waals surface area contributed by atoms with Gasteiger partial charge >= 0.3 is 0 Å². The Morgan fingerprint density at radius 1 is 1.31 bits per heavy atom. The molecule has 3 aliphatic rings. The molecule has 3 aliphatic heterocycles. The summed E-state index contributed by atoms with van der Waals surface area (Å²) < 4.78 is 5.18. The van der Waals surface area contributed by atoms with Gasteiger partial charge in [0, 0.05) is 31.7 Å². The van der Waals surface area contributed by atoms with Crippen molar-refractivity contribution < 1.29 is 9.32 Å². The predicted octanol–water partition coefficient (Wildman–Crippen LogP) is 2.25. The van der Waals surface area contributed by atoms with E-state index in [4.69, 9.17) is 4.52 Å². The molecular weight excluding hydrogens is 388 g/mol. The van der Waals surface area contributed by atoms with Crippen molar-refractivity contribution in [2.24, 2.45) is 11.8 Å². The number of amides is 1. The number of anilines is 1. The third kappa shape index (κ3) is 3.44. The second kappa shape index (κ2) is 7.68. The summed E-state index contributed by atoms with van der Waals surface area (Å²) in [6.45, 7) is 7.48. The van der Waals surface area contributed by atoms with Crippen LogP contribution < -0.4 is 10.2 Å². The molecule has 29 heavy (non-hydrogen) atoms. The van der Waals surface area contributed by atoms with Crippen LogP contribution in [-0.4, -0.2) is 64.4 Å². The smallest absolute Gasteiger partial charge is 0.256 e. The molecule has 0 radical (unpaired) electrons. The fourth-order valence-electron chi connectivity index (χ4n) is 5.74. The van der Waals surface area contributed by atoms with E-state index in [2.05, 4.69) is 30.5 Å². The number of piperidine rings is 3. The van der Waals surface area contributed by atoms with Crippen molar-refractivity contribution >= 4 is 22.4 Å². The number of rotatable bonds is 4. The quantitative estimate of drug-likeness (QED) is 0.818. The van der Waals surface area contributed by atoms with Gasteiger partial charge in [0.2, 0.25) is 5.13 Å². The van der Waals surface area contributed by atoms with Crippen molar-refractivity contribution in [2.75, 3.05) is 31.1 Å². The number of aryl methyl sites for hydroxylation is 2. The first kappa shape index (κ1) is 19.0. The zero-order valence-electron chi connectivity index (χ0n) is 17.0. The number of fused-ring (bicyclic) bond motifs is 4. The molecule has 5 rings (SSSR count). The largest absolute Gasteiger partial charge is 0.361 e. The van der Waals surface area contributed by atoms with Crippen LogP contribution in [0, 0.1) is 25.7 Å². The van der Waals surface area contributed by atoms with Crippen LogP contribution in [0.25, 0.3) is 0 Å². The summed E-state index contributed by atoms with van der Waals surface area (Å²) in [4.78, 5) is 17.9. The van der Waals surface area contributed by atoms with E-state index in [0.29, 0.717) is 47.5 Å². The maximum Gasteiger partial charge on any atom is 0.256 e. The van der Waals surface area contributed by atoms with Gasteiger partial charge in [-0.15, -0.1) is 10.2 Å². The molecule has 1 N–H and O–H groups in total. The van der Waals surface area contributed by atoms with Crippen LogP contribution in [0.1, 0.15) is 47.5 Å². The molecule has 1 amide bonds. The van der Waals surface area contributed by atoms with Crippen molar-refractivity contribution in [1.29, 1.82) is 0 Å². The first-order valence-electron chi connectivity index (χ1n) is 10.6. The normalized spacial score (nSPS) is 29.5. The Morgan fingerprint density at radius 2 is 2.17 bits per heavy atom. The monoisotopic (exact) mass is 416 g/mol. The van der Waals surface area contributed by atoms with Crippen molar-refractivity contribution in [1.82, 2.24) is 25.6 Å². The molecule has 3 fully saturated rings. The van der Waals surface area contributed by atoms with Gasteiger partial charge in [-0.1, -0.05) is 22.9 Å². The summed E-state index contributed by atoms with van der Waals surface area (Å²) in [5.74, 6) is 1.71. The van der Waals surface area contributed by atoms with Gasteiger partial charge < -0.3 is 14.7 Å². The van der Waals surface area contributed by atoms with Crippen molar-refractivity contribution in [3.63, 3.8) is 0 Å². The Hall–Kier alpha value is -2.00. The lowest BCUT2D eigenvalue weighted by atomic mass is 9.72. The Labute approximate surface area is 174 Å². The van der Waals surface area contributed by atoms with Crippen molar-refractivity contribution in [3.05, 3.63) is 22.5 Å². The van der Waals surface area contributed by atoms with Crippen LogP contribution in [0.15, 0.2) is 10.0 Å². The number of aromatic nitrogens is 3. The average Bonchev–Trinajstić information content (AvgIpc) is 3.38. The van der Waals surface area contributed by atoms with Crippen LogP contribution in [0.3, 0.4) is 0 Å². The number of hydrogen-bond acceptors (Lipinski definition) is 8. The minimum Gasteiger partial charge on any atom is -0.361 e. The van der Waals surface area contributed by atoms with Gasteiger partial charge in [0.15, 0.2) is 0 Å². The van der Waals surface area contributed by atoms with E-state index in [1.807, 2.05) is 12.4 Å². The number of nitrogens with zero attached hydrogens (tertiary/aromatic N) is 5. The van der Waals surface area contributed by atoms with Crippen LogP contribution in [0.4, 0.5) is 5.13 Å². The van der Waals surface area contributed by atoms with Gasteiger partial charge in [-0.05, 0) is 51.5 Å². The molecule has 3 saturated heterocycles. The Balaban J connectivity index is 1.35. The van der Waals surface area contributed by atoms with Gasteiger partial charge in [0.1, 0.15) is 16.8 Å². The van der Waals surface area contributed by atoms with Crippen LogP contribution in [0.5, 0.6) is 0 Å². The number of nitrogens with one attached hydrogen (secondary N) is 1. The van der Waals surface area contributed by atoms with E-state index in [9.17, 15) is 4.79 Å². The summed E-state index contributed by atoms with van der Waals surface area (Å²) in [6, 6.07) is 0.966. The van der Waals surface area contributed by atoms with Gasteiger partial charge in [-0.25, -0.2) is 0 Å². The van der Waals surface area contributed by atoms with E-state index in [1.54, 1.807) is 18.3 Å². The lowest BCUT2D eigenvalue weighted by molar-refractivity contribution is -0.0306. The Morgan fingerprint density at radius 3 is 2.93 bits per heavy atom. The molecule has 2 bridgehead atoms. The highest BCUT2D eigenvalue weighted by Gasteiger charge is 2.47. The van der Waals surface area contributed by atoms with E-state index >= 15 is 0 Å². The average molecular weight is 417 g/mol. The van der Waals surface area contributed by atoms with E-state index in [1.165, 1.54) is 25.7 Å². The SMILES string of the molecule is Cc1noc(C)c1C(=O)NC[C@H]1[C@H]2C[C@H](CN(c3nncs3)C2)[C@@H]2CCCCN21. The predicted molar refractivity (Wildman–Crippen MR) is 110 cm³/mol. The van der Waals surface area contributed by atoms with Gasteiger partial charge in [-0.3, -0.25) is 9.69 Å². The summed E-state index contributed by atoms with van der Waals surface area (Å²) in [6.07, 6.45) is 5.06. The van der Waals surface area contributed by atoms with E-state index in [-0.39, 0.29) is 5.91 Å². The number of carbonyl (C=O) groups excluding carboxylic acids is 1. The van der Waals surface area contributed by atoms with Crippen LogP contribution >= 0.6 is 11.3 Å². The molecule has 8 nitrogen and oxygen atoms in total. The first-order valence-corrected chi connectivity index (χ1v) is 11.5. The molecule has 0 unspecified atom stereocenters. The molecule has 0 aromatic carbocycles. The third-order valence-corrected chi connectivity index (χ3v) is 7.72. The highest BCUT2D eigenvalue weighted by atomic mass is 32.1. The second-order valence-corrected chi connectivity index (χ2v) is 9.47. The summed E-state index contributed by atoms with van der Waals surface area (Å²) in [5.41, 5.74) is 3.04. The third-order valence-electron chi connectivity index (χ3n) is 6.97. The molecule has 2 aromatic heterocycles. The fourth-order valence-corrected chi connectivity index (χ4v) is 6.32. The van der Waals surface area contributed by atoms with Crippen molar-refractivity contribution in [2.45, 2.75) is 51.6 Å². The molecule has 0 spiro atoms. The van der Waals surface area contributed by atoms with Crippen LogP contribution in [-0.2, 0) is 0 Å². The van der Waals surface area contributed by atoms with Gasteiger partial charge in [-0.2, -0.15) is 0 Å². The Bertz CT molecular complexity index is 849. The summed E-state index contributed by atoms with van der Waals surface area (Å²) in [7, 11) is 0. The minimum atomic E-state index is -0.0753. The number of hydrogen-bond donors (Lipinski definition) is 1. The van der Waals surface area contributed by atoms with Crippen molar-refractivity contribution in [3.8, 4) is 0 Å². The zero-order valence-corrected chi connectivity index (χ0v) is 17.8. The highest BCUT2D eigenvalue weighted by molar-refractivity contribution is 7.13. The lowest BCUT2D eigenvalue weighted by Gasteiger charge is -2.56. The lowest BCUT2D eigenvalue weighted by Crippen LogP contribution is -2.65. The van der Waals surface area contributed by atoms with Crippen LogP contribution in [0.2, 0.25) is 0 Å². The molecule has 156 valence electrons. The maximum absolute atomic E-state index is 12.8.